The molecule has 0 aromatic heterocycles. The van der Waals surface area contributed by atoms with Crippen molar-refractivity contribution in [3.8, 4) is 34.5 Å². The Morgan fingerprint density at radius 3 is 0.636 bits per heavy atom. The van der Waals surface area contributed by atoms with Gasteiger partial charge in [0, 0.05) is 77.6 Å². The van der Waals surface area contributed by atoms with Gasteiger partial charge < -0.3 is 31.3 Å². The number of hydrogen-bond donors (Lipinski definition) is 2. The fourth-order valence-electron chi connectivity index (χ4n) is 11.4. The van der Waals surface area contributed by atoms with E-state index in [1.165, 1.54) is 103 Å². The first kappa shape index (κ1) is 85.1. The van der Waals surface area contributed by atoms with Crippen molar-refractivity contribution in [3.05, 3.63) is 428 Å². The fraction of sp³-hybridized carbons (Fsp3) is 0.0659. The summed E-state index contributed by atoms with van der Waals surface area (Å²) < 4.78 is 64.8. The molecule has 0 atom stereocenters. The monoisotopic (exact) mass is 1520 g/mol. The van der Waals surface area contributed by atoms with Crippen LogP contribution in [-0.4, -0.2) is 51.4 Å². The Morgan fingerprint density at radius 1 is 0.291 bits per heavy atom. The van der Waals surface area contributed by atoms with Gasteiger partial charge in [-0.25, -0.2) is 17.6 Å². The zero-order valence-electron chi connectivity index (χ0n) is 61.5. The maximum absolute atomic E-state index is 13.3. The molecule has 0 saturated carbocycles. The van der Waals surface area contributed by atoms with Gasteiger partial charge in [-0.3, -0.25) is 33.6 Å². The van der Waals surface area contributed by atoms with E-state index in [1.54, 1.807) is 140 Å². The summed E-state index contributed by atoms with van der Waals surface area (Å²) in [7, 11) is 0. The molecule has 0 amide bonds. The second-order valence-electron chi connectivity index (χ2n) is 25.6. The molecule has 0 aliphatic carbocycles. The van der Waals surface area contributed by atoms with Crippen molar-refractivity contribution < 1.29 is 185 Å². The number of halogens is 4. The molecular weight excluding hydrogens is 1460 g/mol. The summed E-state index contributed by atoms with van der Waals surface area (Å²) in [6.07, 6.45) is 0. The molecule has 110 heavy (non-hydrogen) atoms. The Hall–Kier alpha value is -10.5. The van der Waals surface area contributed by atoms with Gasteiger partial charge in [0.1, 0.15) is 57.8 Å². The van der Waals surface area contributed by atoms with E-state index in [9.17, 15) is 56.5 Å². The van der Waals surface area contributed by atoms with Crippen LogP contribution in [0.25, 0.3) is 0 Å². The summed E-state index contributed by atoms with van der Waals surface area (Å²) in [6.45, 7) is 8.32. The van der Waals surface area contributed by atoms with Crippen LogP contribution in [0.1, 0.15) is 147 Å². The van der Waals surface area contributed by atoms with Gasteiger partial charge >= 0.3 is 103 Å². The minimum absolute atomic E-state index is 0. The number of ketones is 6. The van der Waals surface area contributed by atoms with Gasteiger partial charge in [0.15, 0.2) is 34.7 Å². The quantitative estimate of drug-likeness (QED) is 0.0171. The van der Waals surface area contributed by atoms with Crippen LogP contribution in [-0.2, 0) is 20.5 Å². The van der Waals surface area contributed by atoms with Crippen molar-refractivity contribution in [1.29, 1.82) is 0 Å². The molecule has 540 valence electrons. The largest absolute Gasteiger partial charge is 1.00 e. The van der Waals surface area contributed by atoms with Crippen molar-refractivity contribution >= 4 is 41.2 Å². The molecule has 0 radical (unpaired) electrons. The molecular formula is C91H68F4K2O13. The number of carbonyl (C=O) groups excluding carboxylic acids is 7. The topological polar surface area (TPSA) is 211 Å². The standard InChI is InChI=1S/C55H38F2O6.C20H12F2O2.C15H16O2.CH2O3.2K.H/c1-55(2,43-17-29-49(30-18-43)62-47-25-13-37(14-26-47)53(60)41-7-3-5-39(33-41)51(58)35-9-21-45(56)22-10-35)44-19-31-50(32-20-44)63-48-27-15-38(16-28-48)54(61)42-8-4-6-40(34-42)52(59)36-11-23-46(57)24-12-36;21-17-8-4-13(5-9-17)19(23)15-2-1-3-16(12-15)20(24)14-6-10-18(22)11-7-14;1-15(2,11-3-7-13(16)8-4-11)12-5-9-14(17)10-6-12;2-1-4-3;;;/h3-34H,1-2H3;1-12H;3-10,16-17H,1-2H3;1,3H;;;/q;;;;2*+1;-1/p-1. The molecule has 13 nitrogen and oxygen atoms in total. The number of carbonyl (C=O) groups is 7. The first-order chi connectivity index (χ1) is 51.9. The van der Waals surface area contributed by atoms with Crippen LogP contribution >= 0.6 is 0 Å². The van der Waals surface area contributed by atoms with Crippen LogP contribution in [0.4, 0.5) is 17.6 Å². The smallest absolute Gasteiger partial charge is 1.00 e. The first-order valence-electron chi connectivity index (χ1n) is 33.6. The second kappa shape index (κ2) is 39.7. The molecule has 13 aromatic rings. The average Bonchev–Trinajstić information content (AvgIpc) is 0.798. The first-order valence-corrected chi connectivity index (χ1v) is 33.6. The number of hydrogen-bond acceptors (Lipinski definition) is 13. The third kappa shape index (κ3) is 22.6. The van der Waals surface area contributed by atoms with Gasteiger partial charge in [-0.2, -0.15) is 0 Å². The summed E-state index contributed by atoms with van der Waals surface area (Å²) >= 11 is 0. The van der Waals surface area contributed by atoms with Gasteiger partial charge in [0.2, 0.25) is 0 Å². The Bertz CT molecular complexity index is 5020. The van der Waals surface area contributed by atoms with Crippen LogP contribution in [0.15, 0.2) is 315 Å². The van der Waals surface area contributed by atoms with Crippen molar-refractivity contribution in [3.63, 3.8) is 0 Å². The molecule has 0 aliphatic heterocycles. The second-order valence-corrected chi connectivity index (χ2v) is 25.6. The molecule has 0 spiro atoms. The zero-order valence-corrected chi connectivity index (χ0v) is 66.7. The third-order valence-corrected chi connectivity index (χ3v) is 17.7. The van der Waals surface area contributed by atoms with Gasteiger partial charge in [-0.1, -0.05) is 131 Å². The van der Waals surface area contributed by atoms with Crippen LogP contribution in [0.5, 0.6) is 34.5 Å². The van der Waals surface area contributed by atoms with E-state index in [0.717, 1.165) is 22.3 Å². The van der Waals surface area contributed by atoms with Gasteiger partial charge in [0.25, 0.3) is 6.47 Å². The molecule has 2 N–H and O–H groups in total. The SMILES string of the molecule is CC(C)(c1ccc(O)cc1)c1ccc(O)cc1.CC(C)(c1ccc(Oc2ccc(C(=O)c3cccc(C(=O)c4ccc(F)cc4)c3)cc2)cc1)c1ccc(Oc2ccc(C(=O)c3cccc(C(=O)c4ccc(F)cc4)c3)cc2)cc1.O=C(c1ccc(F)cc1)c1cccc(C(=O)c2ccc(F)cc2)c1.O=CO[O-].[H-].[K+].[K+]. The zero-order chi connectivity index (χ0) is 77.1. The fourth-order valence-corrected chi connectivity index (χ4v) is 11.4. The molecule has 0 aliphatic rings. The summed E-state index contributed by atoms with van der Waals surface area (Å²) in [5, 5.41) is 27.0. The Labute approximate surface area is 719 Å². The molecule has 0 fully saturated rings. The van der Waals surface area contributed by atoms with Crippen molar-refractivity contribution in [2.45, 2.75) is 38.5 Å². The van der Waals surface area contributed by atoms with Crippen molar-refractivity contribution in [2.75, 3.05) is 0 Å². The minimum Gasteiger partial charge on any atom is -1.00 e. The molecule has 0 bridgehead atoms. The van der Waals surface area contributed by atoms with E-state index in [1.807, 2.05) is 72.8 Å². The predicted octanol–water partition coefficient (Wildman–Crippen LogP) is 13.2. The molecule has 19 heteroatoms. The van der Waals surface area contributed by atoms with Crippen molar-refractivity contribution in [1.82, 2.24) is 0 Å². The number of aromatic hydroxyl groups is 2. The van der Waals surface area contributed by atoms with E-state index in [4.69, 9.17) is 19.5 Å². The molecule has 0 unspecified atom stereocenters. The summed E-state index contributed by atoms with van der Waals surface area (Å²) in [6, 6.07) is 83.9. The Kier molecular flexibility index (Phi) is 30.8. The van der Waals surface area contributed by atoms with E-state index in [2.05, 4.69) is 32.6 Å². The number of phenols is 2. The molecule has 13 aromatic carbocycles. The molecule has 0 saturated heterocycles. The van der Waals surface area contributed by atoms with E-state index in [0.29, 0.717) is 89.8 Å². The minimum atomic E-state index is -0.432. The Balaban J connectivity index is 0.000000289. The average molecular weight is 1520 g/mol. The number of ether oxygens (including phenoxy) is 2. The van der Waals surface area contributed by atoms with Crippen LogP contribution in [0.2, 0.25) is 0 Å². The van der Waals surface area contributed by atoms with Gasteiger partial charge in [-0.15, -0.1) is 0 Å². The third-order valence-electron chi connectivity index (χ3n) is 17.7. The number of phenolic OH excluding ortho intramolecular Hbond substituents is 2. The Morgan fingerprint density at radius 2 is 0.455 bits per heavy atom. The van der Waals surface area contributed by atoms with E-state index in [-0.39, 0.29) is 168 Å². The molecule has 13 rings (SSSR count). The van der Waals surface area contributed by atoms with Crippen molar-refractivity contribution in [2.24, 2.45) is 0 Å². The van der Waals surface area contributed by atoms with Crippen LogP contribution in [0, 0.1) is 23.3 Å². The number of benzene rings is 13. The van der Waals surface area contributed by atoms with Gasteiger partial charge in [0.05, 0.1) is 0 Å². The molecule has 0 heterocycles. The van der Waals surface area contributed by atoms with Crippen LogP contribution < -0.4 is 118 Å². The number of rotatable bonds is 21. The predicted molar refractivity (Wildman–Crippen MR) is 400 cm³/mol. The van der Waals surface area contributed by atoms with Crippen LogP contribution in [0.3, 0.4) is 0 Å². The maximum Gasteiger partial charge on any atom is 1.00 e. The normalized spacial score (nSPS) is 10.6. The van der Waals surface area contributed by atoms with E-state index < -0.39 is 23.3 Å². The summed E-state index contributed by atoms with van der Waals surface area (Å²) in [5.74, 6) is -0.499. The summed E-state index contributed by atoms with van der Waals surface area (Å²) in [5.41, 5.74) is 8.13. The maximum atomic E-state index is 13.3. The van der Waals surface area contributed by atoms with E-state index >= 15 is 0 Å². The summed E-state index contributed by atoms with van der Waals surface area (Å²) in [4.78, 5) is 88.6. The van der Waals surface area contributed by atoms with Gasteiger partial charge in [-0.05, 0) is 235 Å².